The normalized spacial score (nSPS) is 18.1. The number of anilines is 1. The van der Waals surface area contributed by atoms with Gasteiger partial charge in [0.2, 0.25) is 11.7 Å². The van der Waals surface area contributed by atoms with Gasteiger partial charge in [0.1, 0.15) is 5.82 Å². The van der Waals surface area contributed by atoms with Crippen molar-refractivity contribution in [1.29, 1.82) is 0 Å². The van der Waals surface area contributed by atoms with E-state index in [0.29, 0.717) is 17.5 Å². The maximum atomic E-state index is 5.97. The van der Waals surface area contributed by atoms with Crippen LogP contribution in [-0.4, -0.2) is 26.6 Å². The molecular formula is C18H19N5O. The van der Waals surface area contributed by atoms with Crippen molar-refractivity contribution in [2.45, 2.75) is 25.4 Å². The molecule has 0 bridgehead atoms. The van der Waals surface area contributed by atoms with Crippen LogP contribution in [-0.2, 0) is 6.54 Å². The van der Waals surface area contributed by atoms with Gasteiger partial charge < -0.3 is 10.3 Å². The molecule has 2 N–H and O–H groups in total. The number of nitrogens with zero attached hydrogens (tertiary/aromatic N) is 4. The van der Waals surface area contributed by atoms with Crippen LogP contribution < -0.4 is 5.73 Å². The zero-order chi connectivity index (χ0) is 16.4. The molecule has 1 aliphatic rings. The smallest absolute Gasteiger partial charge is 0.244 e. The first-order valence-electron chi connectivity index (χ1n) is 8.14. The van der Waals surface area contributed by atoms with Gasteiger partial charge in [-0.2, -0.15) is 4.98 Å². The number of hydrogen-bond donors (Lipinski definition) is 1. The first-order valence-corrected chi connectivity index (χ1v) is 8.14. The fourth-order valence-electron chi connectivity index (χ4n) is 3.17. The molecule has 0 saturated carbocycles. The van der Waals surface area contributed by atoms with Crippen molar-refractivity contribution < 1.29 is 4.52 Å². The Kier molecular flexibility index (Phi) is 3.96. The van der Waals surface area contributed by atoms with Crippen molar-refractivity contribution in [2.75, 3.05) is 12.3 Å². The van der Waals surface area contributed by atoms with Crippen LogP contribution in [0.4, 0.5) is 5.82 Å². The molecule has 1 aliphatic heterocycles. The SMILES string of the molecule is Nc1ncccc1CN1CCC[C@@H]1c1nc(-c2ccccc2)no1. The van der Waals surface area contributed by atoms with Crippen molar-refractivity contribution in [1.82, 2.24) is 20.0 Å². The first-order chi connectivity index (χ1) is 11.8. The van der Waals surface area contributed by atoms with Crippen molar-refractivity contribution >= 4 is 5.82 Å². The van der Waals surface area contributed by atoms with Gasteiger partial charge in [-0.3, -0.25) is 4.90 Å². The summed E-state index contributed by atoms with van der Waals surface area (Å²) in [6, 6.07) is 13.9. The maximum absolute atomic E-state index is 5.97. The molecule has 24 heavy (non-hydrogen) atoms. The maximum Gasteiger partial charge on any atom is 0.244 e. The minimum atomic E-state index is 0.134. The lowest BCUT2D eigenvalue weighted by Gasteiger charge is -2.21. The summed E-state index contributed by atoms with van der Waals surface area (Å²) in [5.41, 5.74) is 7.97. The minimum Gasteiger partial charge on any atom is -0.383 e. The van der Waals surface area contributed by atoms with Crippen molar-refractivity contribution in [2.24, 2.45) is 0 Å². The summed E-state index contributed by atoms with van der Waals surface area (Å²) >= 11 is 0. The molecule has 0 spiro atoms. The average molecular weight is 321 g/mol. The van der Waals surface area contributed by atoms with Crippen molar-refractivity contribution in [3.63, 3.8) is 0 Å². The predicted molar refractivity (Wildman–Crippen MR) is 90.8 cm³/mol. The molecule has 4 rings (SSSR count). The van der Waals surface area contributed by atoms with Gasteiger partial charge in [0.25, 0.3) is 0 Å². The number of aromatic nitrogens is 3. The summed E-state index contributed by atoms with van der Waals surface area (Å²) in [5.74, 6) is 1.89. The van der Waals surface area contributed by atoms with E-state index in [9.17, 15) is 0 Å². The molecular weight excluding hydrogens is 302 g/mol. The number of likely N-dealkylation sites (tertiary alicyclic amines) is 1. The van der Waals surface area contributed by atoms with E-state index in [0.717, 1.165) is 37.1 Å². The van der Waals surface area contributed by atoms with Crippen molar-refractivity contribution in [3.05, 3.63) is 60.1 Å². The number of hydrogen-bond acceptors (Lipinski definition) is 6. The van der Waals surface area contributed by atoms with Gasteiger partial charge in [-0.1, -0.05) is 41.6 Å². The van der Waals surface area contributed by atoms with E-state index in [4.69, 9.17) is 10.3 Å². The molecule has 1 saturated heterocycles. The lowest BCUT2D eigenvalue weighted by atomic mass is 10.2. The van der Waals surface area contributed by atoms with Gasteiger partial charge in [-0.25, -0.2) is 4.98 Å². The third-order valence-corrected chi connectivity index (χ3v) is 4.42. The Labute approximate surface area is 140 Å². The van der Waals surface area contributed by atoms with E-state index >= 15 is 0 Å². The average Bonchev–Trinajstić information content (AvgIpc) is 3.27. The number of nitrogen functional groups attached to an aromatic ring is 1. The Morgan fingerprint density at radius 2 is 2.04 bits per heavy atom. The van der Waals surface area contributed by atoms with Gasteiger partial charge in [0, 0.05) is 23.9 Å². The molecule has 1 atom stereocenters. The third-order valence-electron chi connectivity index (χ3n) is 4.42. The lowest BCUT2D eigenvalue weighted by Crippen LogP contribution is -2.23. The Morgan fingerprint density at radius 1 is 1.17 bits per heavy atom. The lowest BCUT2D eigenvalue weighted by molar-refractivity contribution is 0.201. The second-order valence-electron chi connectivity index (χ2n) is 6.00. The van der Waals surface area contributed by atoms with Gasteiger partial charge in [0.15, 0.2) is 0 Å². The van der Waals surface area contributed by atoms with Crippen LogP contribution in [0.3, 0.4) is 0 Å². The van der Waals surface area contributed by atoms with Crippen LogP contribution in [0.1, 0.15) is 30.3 Å². The Balaban J connectivity index is 1.55. The van der Waals surface area contributed by atoms with Gasteiger partial charge >= 0.3 is 0 Å². The molecule has 6 nitrogen and oxygen atoms in total. The second-order valence-corrected chi connectivity index (χ2v) is 6.00. The number of nitrogens with two attached hydrogens (primary N) is 1. The zero-order valence-electron chi connectivity index (χ0n) is 13.3. The number of rotatable bonds is 4. The minimum absolute atomic E-state index is 0.134. The molecule has 122 valence electrons. The number of benzene rings is 1. The summed E-state index contributed by atoms with van der Waals surface area (Å²) in [4.78, 5) is 11.1. The van der Waals surface area contributed by atoms with Crippen LogP contribution >= 0.6 is 0 Å². The van der Waals surface area contributed by atoms with E-state index in [1.54, 1.807) is 6.20 Å². The van der Waals surface area contributed by atoms with Crippen LogP contribution in [0.25, 0.3) is 11.4 Å². The van der Waals surface area contributed by atoms with Gasteiger partial charge in [0.05, 0.1) is 6.04 Å². The summed E-state index contributed by atoms with van der Waals surface area (Å²) < 4.78 is 5.55. The van der Waals surface area contributed by atoms with Crippen LogP contribution in [0.2, 0.25) is 0 Å². The monoisotopic (exact) mass is 321 g/mol. The van der Waals surface area contributed by atoms with E-state index < -0.39 is 0 Å². The van der Waals surface area contributed by atoms with E-state index in [-0.39, 0.29) is 6.04 Å². The standard InChI is InChI=1S/C18H19N5O/c19-16-14(8-4-10-20-16)12-23-11-5-9-15(23)18-21-17(22-24-18)13-6-2-1-3-7-13/h1-4,6-8,10,15H,5,9,11-12H2,(H2,19,20)/t15-/m1/s1. The summed E-state index contributed by atoms with van der Waals surface area (Å²) in [6.45, 7) is 1.73. The van der Waals surface area contributed by atoms with E-state index in [1.165, 1.54) is 0 Å². The Bertz CT molecular complexity index is 817. The molecule has 2 aromatic heterocycles. The van der Waals surface area contributed by atoms with Gasteiger partial charge in [-0.05, 0) is 25.5 Å². The largest absolute Gasteiger partial charge is 0.383 e. The molecule has 1 fully saturated rings. The van der Waals surface area contributed by atoms with Gasteiger partial charge in [-0.15, -0.1) is 0 Å². The van der Waals surface area contributed by atoms with Crippen LogP contribution in [0.5, 0.6) is 0 Å². The predicted octanol–water partition coefficient (Wildman–Crippen LogP) is 3.05. The molecule has 1 aromatic carbocycles. The first kappa shape index (κ1) is 14.8. The fourth-order valence-corrected chi connectivity index (χ4v) is 3.17. The highest BCUT2D eigenvalue weighted by Gasteiger charge is 2.31. The molecule has 0 radical (unpaired) electrons. The highest BCUT2D eigenvalue weighted by molar-refractivity contribution is 5.53. The van der Waals surface area contributed by atoms with Crippen molar-refractivity contribution in [3.8, 4) is 11.4 Å². The summed E-state index contributed by atoms with van der Waals surface area (Å²) in [7, 11) is 0. The highest BCUT2D eigenvalue weighted by Crippen LogP contribution is 2.33. The Morgan fingerprint density at radius 3 is 2.88 bits per heavy atom. The second kappa shape index (κ2) is 6.41. The molecule has 3 aromatic rings. The van der Waals surface area contributed by atoms with Crippen LogP contribution in [0.15, 0.2) is 53.2 Å². The fraction of sp³-hybridized carbons (Fsp3) is 0.278. The highest BCUT2D eigenvalue weighted by atomic mass is 16.5. The quantitative estimate of drug-likeness (QED) is 0.795. The Hall–Kier alpha value is -2.73. The molecule has 0 unspecified atom stereocenters. The van der Waals surface area contributed by atoms with E-state index in [1.807, 2.05) is 42.5 Å². The zero-order valence-corrected chi connectivity index (χ0v) is 13.3. The topological polar surface area (TPSA) is 81.1 Å². The molecule has 6 heteroatoms. The summed E-state index contributed by atoms with van der Waals surface area (Å²) in [6.07, 6.45) is 3.83. The molecule has 0 amide bonds. The third kappa shape index (κ3) is 2.88. The summed E-state index contributed by atoms with van der Waals surface area (Å²) in [5, 5.41) is 4.14. The molecule has 3 heterocycles. The van der Waals surface area contributed by atoms with E-state index in [2.05, 4.69) is 20.0 Å². The molecule has 0 aliphatic carbocycles. The number of pyridine rings is 1. The van der Waals surface area contributed by atoms with Crippen LogP contribution in [0, 0.1) is 0 Å².